The normalized spacial score (nSPS) is 33.6. The van der Waals surface area contributed by atoms with Gasteiger partial charge in [-0.3, -0.25) is 4.79 Å². The van der Waals surface area contributed by atoms with Crippen molar-refractivity contribution in [2.75, 3.05) is 26.7 Å². The van der Waals surface area contributed by atoms with Gasteiger partial charge in [0.15, 0.2) is 0 Å². The summed E-state index contributed by atoms with van der Waals surface area (Å²) in [6.07, 6.45) is 3.41. The maximum Gasteiger partial charge on any atom is 0.226 e. The maximum atomic E-state index is 12.5. The standard InChI is InChI=1S/C15H28N2O2/c1-5-19-13-9-12(15(13,2)3)17(4)14(18)11-7-6-8-16-10-11/h11-13,16H,5-10H2,1-4H3/t11-,12-,13-/m1/s1. The molecule has 0 unspecified atom stereocenters. The van der Waals surface area contributed by atoms with Crippen LogP contribution in [0.3, 0.4) is 0 Å². The zero-order valence-corrected chi connectivity index (χ0v) is 12.7. The minimum atomic E-state index is 0.0719. The fourth-order valence-electron chi connectivity index (χ4n) is 3.51. The number of nitrogens with one attached hydrogen (secondary N) is 1. The molecule has 1 amide bonds. The molecule has 3 atom stereocenters. The highest BCUT2D eigenvalue weighted by molar-refractivity contribution is 5.79. The fraction of sp³-hybridized carbons (Fsp3) is 0.933. The topological polar surface area (TPSA) is 41.6 Å². The van der Waals surface area contributed by atoms with Crippen LogP contribution < -0.4 is 5.32 Å². The van der Waals surface area contributed by atoms with Gasteiger partial charge in [0, 0.05) is 31.7 Å². The number of nitrogens with zero attached hydrogens (tertiary/aromatic N) is 1. The van der Waals surface area contributed by atoms with Crippen LogP contribution in [-0.2, 0) is 9.53 Å². The Morgan fingerprint density at radius 3 is 2.74 bits per heavy atom. The summed E-state index contributed by atoms with van der Waals surface area (Å²) in [6, 6.07) is 0.318. The van der Waals surface area contributed by atoms with Crippen molar-refractivity contribution >= 4 is 5.91 Å². The third-order valence-electron chi connectivity index (χ3n) is 4.96. The Kier molecular flexibility index (Phi) is 4.51. The van der Waals surface area contributed by atoms with Crippen LogP contribution in [0.1, 0.15) is 40.0 Å². The van der Waals surface area contributed by atoms with Crippen LogP contribution in [0.4, 0.5) is 0 Å². The van der Waals surface area contributed by atoms with Crippen LogP contribution in [0.5, 0.6) is 0 Å². The van der Waals surface area contributed by atoms with Crippen molar-refractivity contribution in [3.05, 3.63) is 0 Å². The van der Waals surface area contributed by atoms with E-state index < -0.39 is 0 Å². The van der Waals surface area contributed by atoms with E-state index in [1.54, 1.807) is 0 Å². The van der Waals surface area contributed by atoms with Crippen LogP contribution in [0, 0.1) is 11.3 Å². The van der Waals surface area contributed by atoms with E-state index in [4.69, 9.17) is 4.74 Å². The van der Waals surface area contributed by atoms with Crippen molar-refractivity contribution in [2.45, 2.75) is 52.2 Å². The molecule has 110 valence electrons. The minimum Gasteiger partial charge on any atom is -0.378 e. The molecule has 0 radical (unpaired) electrons. The summed E-state index contributed by atoms with van der Waals surface area (Å²) in [5.41, 5.74) is 0.0719. The molecule has 4 nitrogen and oxygen atoms in total. The zero-order valence-electron chi connectivity index (χ0n) is 12.7. The molecule has 2 fully saturated rings. The van der Waals surface area contributed by atoms with Gasteiger partial charge >= 0.3 is 0 Å². The summed E-state index contributed by atoms with van der Waals surface area (Å²) in [6.45, 7) is 9.10. The molecule has 1 aliphatic carbocycles. The van der Waals surface area contributed by atoms with Crippen molar-refractivity contribution in [2.24, 2.45) is 11.3 Å². The quantitative estimate of drug-likeness (QED) is 0.843. The van der Waals surface area contributed by atoms with Gasteiger partial charge in [-0.1, -0.05) is 13.8 Å². The lowest BCUT2D eigenvalue weighted by Gasteiger charge is -2.55. The second kappa shape index (κ2) is 5.80. The molecule has 0 aromatic heterocycles. The van der Waals surface area contributed by atoms with Crippen molar-refractivity contribution in [3.63, 3.8) is 0 Å². The van der Waals surface area contributed by atoms with Gasteiger partial charge in [0.25, 0.3) is 0 Å². The first-order chi connectivity index (χ1) is 8.98. The molecule has 2 rings (SSSR count). The first-order valence-corrected chi connectivity index (χ1v) is 7.57. The molecule has 1 saturated carbocycles. The Hall–Kier alpha value is -0.610. The van der Waals surface area contributed by atoms with Gasteiger partial charge in [0.2, 0.25) is 5.91 Å². The molecule has 19 heavy (non-hydrogen) atoms. The summed E-state index contributed by atoms with van der Waals surface area (Å²) >= 11 is 0. The van der Waals surface area contributed by atoms with Crippen LogP contribution >= 0.6 is 0 Å². The van der Waals surface area contributed by atoms with E-state index in [1.807, 2.05) is 18.9 Å². The summed E-state index contributed by atoms with van der Waals surface area (Å²) in [7, 11) is 1.96. The van der Waals surface area contributed by atoms with Gasteiger partial charge in [-0.15, -0.1) is 0 Å². The highest BCUT2D eigenvalue weighted by atomic mass is 16.5. The maximum absolute atomic E-state index is 12.5. The molecule has 1 saturated heterocycles. The number of rotatable bonds is 4. The van der Waals surface area contributed by atoms with Gasteiger partial charge in [0.1, 0.15) is 0 Å². The van der Waals surface area contributed by atoms with Gasteiger partial charge < -0.3 is 15.0 Å². The molecule has 1 heterocycles. The number of carbonyl (C=O) groups excluding carboxylic acids is 1. The Balaban J connectivity index is 1.93. The summed E-state index contributed by atoms with van der Waals surface area (Å²) in [4.78, 5) is 14.5. The van der Waals surface area contributed by atoms with E-state index in [1.165, 1.54) is 0 Å². The van der Waals surface area contributed by atoms with E-state index in [0.29, 0.717) is 18.1 Å². The van der Waals surface area contributed by atoms with Crippen molar-refractivity contribution < 1.29 is 9.53 Å². The first-order valence-electron chi connectivity index (χ1n) is 7.57. The van der Waals surface area contributed by atoms with E-state index in [2.05, 4.69) is 19.2 Å². The Bertz CT molecular complexity index is 324. The summed E-state index contributed by atoms with van der Waals surface area (Å²) in [5, 5.41) is 3.32. The fourth-order valence-corrected chi connectivity index (χ4v) is 3.51. The smallest absolute Gasteiger partial charge is 0.226 e. The highest BCUT2D eigenvalue weighted by Gasteiger charge is 2.52. The van der Waals surface area contributed by atoms with Gasteiger partial charge in [-0.25, -0.2) is 0 Å². The minimum absolute atomic E-state index is 0.0719. The second-order valence-corrected chi connectivity index (χ2v) is 6.51. The number of carbonyl (C=O) groups is 1. The predicted octanol–water partition coefficient (Wildman–Crippen LogP) is 1.65. The van der Waals surface area contributed by atoms with Crippen molar-refractivity contribution in [1.29, 1.82) is 0 Å². The molecule has 0 aromatic rings. The molecule has 1 N–H and O–H groups in total. The molecular weight excluding hydrogens is 240 g/mol. The number of amides is 1. The lowest BCUT2D eigenvalue weighted by Crippen LogP contribution is -2.63. The van der Waals surface area contributed by atoms with Crippen molar-refractivity contribution in [3.8, 4) is 0 Å². The average Bonchev–Trinajstić information content (AvgIpc) is 2.42. The third-order valence-corrected chi connectivity index (χ3v) is 4.96. The first kappa shape index (κ1) is 14.8. The number of ether oxygens (including phenoxy) is 1. The third kappa shape index (κ3) is 2.79. The molecule has 1 aliphatic heterocycles. The van der Waals surface area contributed by atoms with Crippen LogP contribution in [0.15, 0.2) is 0 Å². The highest BCUT2D eigenvalue weighted by Crippen LogP contribution is 2.45. The molecular formula is C15H28N2O2. The molecule has 0 aromatic carbocycles. The van der Waals surface area contributed by atoms with E-state index >= 15 is 0 Å². The molecule has 0 bridgehead atoms. The SMILES string of the molecule is CCO[C@@H]1C[C@@H](N(C)C(=O)[C@@H]2CCCNC2)C1(C)C. The predicted molar refractivity (Wildman–Crippen MR) is 76.0 cm³/mol. The van der Waals surface area contributed by atoms with Crippen LogP contribution in [-0.4, -0.2) is 49.7 Å². The summed E-state index contributed by atoms with van der Waals surface area (Å²) < 4.78 is 5.75. The zero-order chi connectivity index (χ0) is 14.0. The van der Waals surface area contributed by atoms with Gasteiger partial charge in [-0.05, 0) is 32.7 Å². The van der Waals surface area contributed by atoms with E-state index in [-0.39, 0.29) is 11.3 Å². The Labute approximate surface area is 116 Å². The lowest BCUT2D eigenvalue weighted by atomic mass is 9.63. The molecule has 4 heteroatoms. The monoisotopic (exact) mass is 268 g/mol. The van der Waals surface area contributed by atoms with E-state index in [0.717, 1.165) is 39.0 Å². The Morgan fingerprint density at radius 2 is 2.21 bits per heavy atom. The van der Waals surface area contributed by atoms with E-state index in [9.17, 15) is 4.79 Å². The number of piperidine rings is 1. The second-order valence-electron chi connectivity index (χ2n) is 6.51. The summed E-state index contributed by atoms with van der Waals surface area (Å²) in [5.74, 6) is 0.473. The molecule has 0 spiro atoms. The largest absolute Gasteiger partial charge is 0.378 e. The number of hydrogen-bond acceptors (Lipinski definition) is 3. The van der Waals surface area contributed by atoms with Gasteiger partial charge in [0.05, 0.1) is 12.0 Å². The Morgan fingerprint density at radius 1 is 1.47 bits per heavy atom. The average molecular weight is 268 g/mol. The number of hydrogen-bond donors (Lipinski definition) is 1. The van der Waals surface area contributed by atoms with Gasteiger partial charge in [-0.2, -0.15) is 0 Å². The molecule has 2 aliphatic rings. The van der Waals surface area contributed by atoms with Crippen LogP contribution in [0.2, 0.25) is 0 Å². The van der Waals surface area contributed by atoms with Crippen molar-refractivity contribution in [1.82, 2.24) is 10.2 Å². The van der Waals surface area contributed by atoms with Crippen LogP contribution in [0.25, 0.3) is 0 Å². The lowest BCUT2D eigenvalue weighted by molar-refractivity contribution is -0.166.